The molecule has 1 aromatic heterocycles. The molecule has 0 aliphatic heterocycles. The minimum Gasteiger partial charge on any atom is -0.507 e. The van der Waals surface area contributed by atoms with Crippen LogP contribution < -0.4 is 0 Å². The van der Waals surface area contributed by atoms with Gasteiger partial charge in [0.1, 0.15) is 22.4 Å². The standard InChI is InChI=1S/C16H16Cl2N2O2/c1-2-3-4-15-19-12(16(18)20-15)6-8-14(22)11-9-10(17)5-7-13(11)21/h5-9,21H,2-4H2,1H3,(H,19,20)/b8-6+. The van der Waals surface area contributed by atoms with E-state index in [4.69, 9.17) is 23.2 Å². The number of halogens is 2. The van der Waals surface area contributed by atoms with E-state index < -0.39 is 0 Å². The van der Waals surface area contributed by atoms with Crippen molar-refractivity contribution in [2.24, 2.45) is 0 Å². The first-order valence-electron chi connectivity index (χ1n) is 6.96. The van der Waals surface area contributed by atoms with E-state index in [-0.39, 0.29) is 17.1 Å². The number of aryl methyl sites for hydroxylation is 1. The predicted molar refractivity (Wildman–Crippen MR) is 88.7 cm³/mol. The number of phenols is 1. The zero-order valence-corrected chi connectivity index (χ0v) is 13.6. The first kappa shape index (κ1) is 16.6. The Morgan fingerprint density at radius 2 is 2.18 bits per heavy atom. The summed E-state index contributed by atoms with van der Waals surface area (Å²) in [5.41, 5.74) is 0.643. The molecule has 1 aromatic carbocycles. The summed E-state index contributed by atoms with van der Waals surface area (Å²) in [5, 5.41) is 10.5. The highest BCUT2D eigenvalue weighted by Gasteiger charge is 2.10. The Morgan fingerprint density at radius 3 is 2.91 bits per heavy atom. The van der Waals surface area contributed by atoms with Crippen LogP contribution in [0.3, 0.4) is 0 Å². The Kier molecular flexibility index (Phi) is 5.63. The number of aromatic amines is 1. The molecular weight excluding hydrogens is 323 g/mol. The molecule has 0 spiro atoms. The second-order valence-corrected chi connectivity index (χ2v) is 5.66. The third kappa shape index (κ3) is 4.12. The smallest absolute Gasteiger partial charge is 0.189 e. The van der Waals surface area contributed by atoms with Crippen LogP contribution in [0.25, 0.3) is 6.08 Å². The molecule has 2 rings (SSSR count). The number of imidazole rings is 1. The minimum atomic E-state index is -0.367. The molecule has 1 heterocycles. The number of benzene rings is 1. The van der Waals surface area contributed by atoms with Gasteiger partial charge in [0, 0.05) is 11.4 Å². The van der Waals surface area contributed by atoms with Crippen molar-refractivity contribution < 1.29 is 9.90 Å². The zero-order chi connectivity index (χ0) is 16.1. The number of hydrogen-bond acceptors (Lipinski definition) is 3. The first-order valence-corrected chi connectivity index (χ1v) is 7.72. The van der Waals surface area contributed by atoms with Crippen molar-refractivity contribution in [3.63, 3.8) is 0 Å². The molecule has 0 amide bonds. The number of allylic oxidation sites excluding steroid dienone is 1. The summed E-state index contributed by atoms with van der Waals surface area (Å²) in [5.74, 6) is 0.314. The van der Waals surface area contributed by atoms with Crippen molar-refractivity contribution >= 4 is 35.1 Å². The minimum absolute atomic E-state index is 0.115. The third-order valence-electron chi connectivity index (χ3n) is 3.12. The lowest BCUT2D eigenvalue weighted by Gasteiger charge is -2.00. The van der Waals surface area contributed by atoms with E-state index >= 15 is 0 Å². The van der Waals surface area contributed by atoms with Gasteiger partial charge in [0.2, 0.25) is 0 Å². The largest absolute Gasteiger partial charge is 0.507 e. The lowest BCUT2D eigenvalue weighted by atomic mass is 10.1. The molecule has 0 fully saturated rings. The van der Waals surface area contributed by atoms with Gasteiger partial charge in [0.25, 0.3) is 0 Å². The molecule has 2 aromatic rings. The number of carbonyl (C=O) groups is 1. The van der Waals surface area contributed by atoms with E-state index in [1.54, 1.807) is 0 Å². The van der Waals surface area contributed by atoms with Crippen LogP contribution in [0, 0.1) is 0 Å². The Morgan fingerprint density at radius 1 is 1.41 bits per heavy atom. The summed E-state index contributed by atoms with van der Waals surface area (Å²) in [6.45, 7) is 2.10. The van der Waals surface area contributed by atoms with Crippen LogP contribution in [0.5, 0.6) is 5.75 Å². The molecule has 0 atom stereocenters. The third-order valence-corrected chi connectivity index (χ3v) is 3.64. The molecule has 0 radical (unpaired) electrons. The van der Waals surface area contributed by atoms with Crippen LogP contribution in [0.2, 0.25) is 10.2 Å². The zero-order valence-electron chi connectivity index (χ0n) is 12.1. The molecule has 0 saturated heterocycles. The number of hydrogen-bond donors (Lipinski definition) is 2. The fraction of sp³-hybridized carbons (Fsp3) is 0.250. The van der Waals surface area contributed by atoms with Gasteiger partial charge < -0.3 is 10.1 Å². The lowest BCUT2D eigenvalue weighted by molar-refractivity contribution is 0.104. The van der Waals surface area contributed by atoms with Crippen molar-refractivity contribution in [2.75, 3.05) is 0 Å². The Bertz CT molecular complexity index is 708. The summed E-state index contributed by atoms with van der Waals surface area (Å²) >= 11 is 11.9. The lowest BCUT2D eigenvalue weighted by Crippen LogP contribution is -1.95. The molecule has 0 bridgehead atoms. The molecule has 0 aliphatic rings. The van der Waals surface area contributed by atoms with Gasteiger partial charge in [0.05, 0.1) is 5.56 Å². The van der Waals surface area contributed by atoms with Gasteiger partial charge in [-0.05, 0) is 36.8 Å². The summed E-state index contributed by atoms with van der Waals surface area (Å²) in [4.78, 5) is 19.4. The number of nitrogens with zero attached hydrogens (tertiary/aromatic N) is 1. The summed E-state index contributed by atoms with van der Waals surface area (Å²) in [7, 11) is 0. The fourth-order valence-electron chi connectivity index (χ4n) is 1.94. The number of rotatable bonds is 6. The second kappa shape index (κ2) is 7.47. The molecule has 6 heteroatoms. The summed E-state index contributed by atoms with van der Waals surface area (Å²) < 4.78 is 0. The van der Waals surface area contributed by atoms with E-state index in [0.29, 0.717) is 15.9 Å². The number of aromatic hydroxyl groups is 1. The van der Waals surface area contributed by atoms with E-state index in [1.807, 2.05) is 0 Å². The molecule has 116 valence electrons. The molecular formula is C16H16Cl2N2O2. The highest BCUT2D eigenvalue weighted by atomic mass is 35.5. The van der Waals surface area contributed by atoms with E-state index in [0.717, 1.165) is 25.1 Å². The predicted octanol–water partition coefficient (Wildman–Crippen LogP) is 4.66. The average molecular weight is 339 g/mol. The Hall–Kier alpha value is -1.78. The van der Waals surface area contributed by atoms with Crippen molar-refractivity contribution in [3.8, 4) is 5.75 Å². The second-order valence-electron chi connectivity index (χ2n) is 4.85. The molecule has 2 N–H and O–H groups in total. The van der Waals surface area contributed by atoms with Crippen LogP contribution in [0.1, 0.15) is 41.6 Å². The van der Waals surface area contributed by atoms with Crippen LogP contribution in [0.15, 0.2) is 24.3 Å². The first-order chi connectivity index (χ1) is 10.5. The number of carbonyl (C=O) groups excluding carboxylic acids is 1. The van der Waals surface area contributed by atoms with Crippen LogP contribution >= 0.6 is 23.2 Å². The number of nitrogens with one attached hydrogen (secondary N) is 1. The van der Waals surface area contributed by atoms with E-state index in [2.05, 4.69) is 16.9 Å². The number of aromatic nitrogens is 2. The van der Waals surface area contributed by atoms with Crippen LogP contribution in [-0.2, 0) is 6.42 Å². The normalized spacial score (nSPS) is 11.2. The number of phenolic OH excluding ortho intramolecular Hbond substituents is 1. The van der Waals surface area contributed by atoms with Gasteiger partial charge >= 0.3 is 0 Å². The van der Waals surface area contributed by atoms with Crippen LogP contribution in [0.4, 0.5) is 0 Å². The molecule has 22 heavy (non-hydrogen) atoms. The number of unbranched alkanes of at least 4 members (excludes halogenated alkanes) is 1. The van der Waals surface area contributed by atoms with Crippen molar-refractivity contribution in [2.45, 2.75) is 26.2 Å². The quantitative estimate of drug-likeness (QED) is 0.594. The average Bonchev–Trinajstić information content (AvgIpc) is 2.85. The van der Waals surface area contributed by atoms with Gasteiger partial charge in [-0.3, -0.25) is 4.79 Å². The van der Waals surface area contributed by atoms with Crippen LogP contribution in [-0.4, -0.2) is 20.9 Å². The maximum absolute atomic E-state index is 12.1. The van der Waals surface area contributed by atoms with Gasteiger partial charge in [-0.15, -0.1) is 0 Å². The monoisotopic (exact) mass is 338 g/mol. The molecule has 0 unspecified atom stereocenters. The maximum atomic E-state index is 12.1. The van der Waals surface area contributed by atoms with Crippen molar-refractivity contribution in [1.29, 1.82) is 0 Å². The highest BCUT2D eigenvalue weighted by Crippen LogP contribution is 2.23. The Labute approximate surface area is 138 Å². The van der Waals surface area contributed by atoms with Gasteiger partial charge in [-0.25, -0.2) is 4.98 Å². The highest BCUT2D eigenvalue weighted by molar-refractivity contribution is 6.31. The SMILES string of the molecule is CCCCc1nc(/C=C/C(=O)c2cc(Cl)ccc2O)c(Cl)[nH]1. The van der Waals surface area contributed by atoms with Crippen molar-refractivity contribution in [1.82, 2.24) is 9.97 Å². The maximum Gasteiger partial charge on any atom is 0.189 e. The van der Waals surface area contributed by atoms with E-state index in [9.17, 15) is 9.90 Å². The molecule has 0 saturated carbocycles. The number of H-pyrrole nitrogens is 1. The van der Waals surface area contributed by atoms with Crippen molar-refractivity contribution in [3.05, 3.63) is 51.5 Å². The van der Waals surface area contributed by atoms with Gasteiger partial charge in [-0.1, -0.05) is 36.5 Å². The summed E-state index contributed by atoms with van der Waals surface area (Å²) in [6.07, 6.45) is 5.74. The topological polar surface area (TPSA) is 66.0 Å². The Balaban J connectivity index is 2.16. The summed E-state index contributed by atoms with van der Waals surface area (Å²) in [6, 6.07) is 4.32. The fourth-order valence-corrected chi connectivity index (χ4v) is 2.32. The molecule has 0 aliphatic carbocycles. The van der Waals surface area contributed by atoms with Gasteiger partial charge in [0.15, 0.2) is 5.78 Å². The number of ketones is 1. The molecule has 4 nitrogen and oxygen atoms in total. The van der Waals surface area contributed by atoms with Gasteiger partial charge in [-0.2, -0.15) is 0 Å². The van der Waals surface area contributed by atoms with E-state index in [1.165, 1.54) is 30.4 Å².